The van der Waals surface area contributed by atoms with E-state index >= 15 is 0 Å². The second kappa shape index (κ2) is 31.8. The van der Waals surface area contributed by atoms with Gasteiger partial charge in [0.15, 0.2) is 0 Å². The average molecular weight is 1740 g/mol. The largest absolute Gasteiger partial charge is 0.456 e. The zero-order valence-electron chi connectivity index (χ0n) is 75.7. The number of furan rings is 2. The lowest BCUT2D eigenvalue weighted by atomic mass is 9.81. The van der Waals surface area contributed by atoms with E-state index in [-0.39, 0.29) is 10.8 Å². The van der Waals surface area contributed by atoms with Gasteiger partial charge in [-0.25, -0.2) is 0 Å². The van der Waals surface area contributed by atoms with E-state index in [2.05, 4.69) is 486 Å². The van der Waals surface area contributed by atoms with Crippen molar-refractivity contribution in [3.63, 3.8) is 0 Å². The molecule has 4 nitrogen and oxygen atoms in total. The van der Waals surface area contributed by atoms with Crippen molar-refractivity contribution >= 4 is 110 Å². The molecule has 3 aliphatic rings. The third kappa shape index (κ3) is 13.3. The fourth-order valence-corrected chi connectivity index (χ4v) is 22.3. The highest BCUT2D eigenvalue weighted by Crippen LogP contribution is 2.56. The first-order chi connectivity index (χ1) is 66.9. The van der Waals surface area contributed by atoms with E-state index in [0.29, 0.717) is 0 Å². The Balaban J connectivity index is 0.000000141. The zero-order chi connectivity index (χ0) is 90.4. The second-order valence-electron chi connectivity index (χ2n) is 37.7. The van der Waals surface area contributed by atoms with Crippen molar-refractivity contribution in [1.82, 2.24) is 0 Å². The standard InChI is InChI=1S/C67H45NO.C65H45NO/c1-67(2)62-39-47(42-11-4-3-5-12-42)27-34-55(62)56-36-33-51(41-63(56)67)68(50-31-25-46(26-32-50)52-37-38-61-54-14-7-6-13-53(54)60-17-10-16-59(52)66(60)61)49-29-23-44(24-30-49)43-19-21-45(22-20-43)48-28-35-58-57-15-8-9-18-64(57)69-65(58)40-48;1-65(2)61-39-47(42-12-4-3-5-13-42)28-35-56(61)57-37-34-52(41-62(57)65)66(51-32-26-46(27-33-51)60-38-49-14-6-7-15-53(49)54-16-8-9-17-55(54)60)50-30-24-44(25-31-50)43-20-22-45(23-21-43)48-29-36-59-58-18-10-11-19-63(58)67-64(59)40-48/h3-41H,1-2H3;3-41H,1-2H3. The number of hydrogen-bond acceptors (Lipinski definition) is 4. The summed E-state index contributed by atoms with van der Waals surface area (Å²) in [7, 11) is 0. The molecule has 640 valence electrons. The molecule has 0 atom stereocenters. The van der Waals surface area contributed by atoms with Gasteiger partial charge < -0.3 is 18.6 Å². The molecule has 0 unspecified atom stereocenters. The van der Waals surface area contributed by atoms with Crippen LogP contribution in [0.2, 0.25) is 0 Å². The van der Waals surface area contributed by atoms with E-state index in [1.54, 1.807) is 0 Å². The monoisotopic (exact) mass is 1730 g/mol. The number of para-hydroxylation sites is 2. The molecule has 0 bridgehead atoms. The summed E-state index contributed by atoms with van der Waals surface area (Å²) in [6.07, 6.45) is 0. The van der Waals surface area contributed by atoms with Gasteiger partial charge in [-0.15, -0.1) is 0 Å². The topological polar surface area (TPSA) is 32.8 Å². The normalized spacial score (nSPS) is 12.8. The van der Waals surface area contributed by atoms with Gasteiger partial charge in [-0.2, -0.15) is 0 Å². The maximum absolute atomic E-state index is 6.23. The number of benzene rings is 22. The summed E-state index contributed by atoms with van der Waals surface area (Å²) in [5.41, 5.74) is 45.0. The molecule has 0 radical (unpaired) electrons. The van der Waals surface area contributed by atoms with Crippen LogP contribution in [0.4, 0.5) is 34.1 Å². The predicted molar refractivity (Wildman–Crippen MR) is 572 cm³/mol. The van der Waals surface area contributed by atoms with Crippen molar-refractivity contribution in [2.24, 2.45) is 0 Å². The zero-order valence-corrected chi connectivity index (χ0v) is 75.7. The van der Waals surface area contributed by atoms with Gasteiger partial charge in [0, 0.05) is 66.5 Å². The van der Waals surface area contributed by atoms with E-state index in [0.717, 1.165) is 100 Å². The Morgan fingerprint density at radius 2 is 0.441 bits per heavy atom. The second-order valence-corrected chi connectivity index (χ2v) is 37.7. The minimum atomic E-state index is -0.190. The molecule has 27 rings (SSSR count). The highest BCUT2D eigenvalue weighted by atomic mass is 16.3. The minimum absolute atomic E-state index is 0.189. The highest BCUT2D eigenvalue weighted by molar-refractivity contribution is 6.19. The molecule has 0 spiro atoms. The summed E-state index contributed by atoms with van der Waals surface area (Å²) in [4.78, 5) is 4.84. The molecule has 2 heterocycles. The number of nitrogens with zero attached hydrogens (tertiary/aromatic N) is 2. The Bertz CT molecular complexity index is 8880. The summed E-state index contributed by atoms with van der Waals surface area (Å²) in [6.45, 7) is 9.51. The molecule has 22 aromatic carbocycles. The lowest BCUT2D eigenvalue weighted by Gasteiger charge is -2.28. The quantitative estimate of drug-likeness (QED) is 0.102. The van der Waals surface area contributed by atoms with Gasteiger partial charge in [-0.1, -0.05) is 373 Å². The van der Waals surface area contributed by atoms with Gasteiger partial charge in [-0.3, -0.25) is 0 Å². The van der Waals surface area contributed by atoms with Crippen LogP contribution in [-0.4, -0.2) is 0 Å². The predicted octanol–water partition coefficient (Wildman–Crippen LogP) is 37.2. The molecule has 3 aliphatic carbocycles. The number of fused-ring (bicyclic) bond motifs is 18. The molecule has 0 fully saturated rings. The van der Waals surface area contributed by atoms with Crippen LogP contribution in [0.3, 0.4) is 0 Å². The van der Waals surface area contributed by atoms with E-state index in [9.17, 15) is 0 Å². The van der Waals surface area contributed by atoms with Crippen molar-refractivity contribution in [1.29, 1.82) is 0 Å². The molecule has 0 aliphatic heterocycles. The lowest BCUT2D eigenvalue weighted by molar-refractivity contribution is 0.660. The van der Waals surface area contributed by atoms with Crippen LogP contribution >= 0.6 is 0 Å². The first-order valence-corrected chi connectivity index (χ1v) is 47.2. The molecular weight excluding hydrogens is 1650 g/mol. The van der Waals surface area contributed by atoms with Crippen LogP contribution in [0.1, 0.15) is 49.9 Å². The molecule has 24 aromatic rings. The molecule has 0 N–H and O–H groups in total. The highest BCUT2D eigenvalue weighted by Gasteiger charge is 2.39. The van der Waals surface area contributed by atoms with Crippen LogP contribution < -0.4 is 9.80 Å². The van der Waals surface area contributed by atoms with Gasteiger partial charge in [0.25, 0.3) is 0 Å². The van der Waals surface area contributed by atoms with Gasteiger partial charge in [-0.05, 0) is 315 Å². The maximum atomic E-state index is 6.23. The van der Waals surface area contributed by atoms with Crippen LogP contribution in [-0.2, 0) is 10.8 Å². The van der Waals surface area contributed by atoms with Crippen molar-refractivity contribution in [3.05, 3.63) is 495 Å². The molecule has 0 amide bonds. The molecule has 136 heavy (non-hydrogen) atoms. The summed E-state index contributed by atoms with van der Waals surface area (Å²) >= 11 is 0. The van der Waals surface area contributed by atoms with Crippen molar-refractivity contribution in [2.45, 2.75) is 38.5 Å². The van der Waals surface area contributed by atoms with Gasteiger partial charge >= 0.3 is 0 Å². The third-order valence-electron chi connectivity index (χ3n) is 29.4. The number of hydrogen-bond donors (Lipinski definition) is 0. The summed E-state index contributed by atoms with van der Waals surface area (Å²) in [6, 6.07) is 173. The summed E-state index contributed by atoms with van der Waals surface area (Å²) in [5, 5.41) is 12.3. The molecule has 0 saturated carbocycles. The van der Waals surface area contributed by atoms with Crippen LogP contribution in [0.5, 0.6) is 0 Å². The first kappa shape index (κ1) is 79.7. The SMILES string of the molecule is CC1(C)c2cc(-c3ccccc3)ccc2-c2ccc(N(c3ccc(-c4ccc(-c5ccc6c(c5)oc5ccccc56)cc4)cc3)c3ccc(-c4cc5ccccc5c5ccccc45)cc3)cc21.CC1(C)c2cc(-c3ccccc3)ccc2-c2ccc(N(c3ccc(-c4ccc(-c5ccc6c(c5)oc5ccccc56)cc4)cc3)c3ccc(-c4ccc5c6c(cccc46)-c4ccccc4-5)cc3)cc21. The summed E-state index contributed by atoms with van der Waals surface area (Å²) < 4.78 is 12.4. The number of rotatable bonds is 14. The van der Waals surface area contributed by atoms with Gasteiger partial charge in [0.1, 0.15) is 22.3 Å². The molecule has 0 saturated heterocycles. The van der Waals surface area contributed by atoms with Crippen LogP contribution in [0.25, 0.3) is 210 Å². The summed E-state index contributed by atoms with van der Waals surface area (Å²) in [5.74, 6) is 0. The third-order valence-corrected chi connectivity index (χ3v) is 29.4. The fraction of sp³-hybridized carbons (Fsp3) is 0.0455. The van der Waals surface area contributed by atoms with Gasteiger partial charge in [0.2, 0.25) is 0 Å². The average Bonchev–Trinajstić information content (AvgIpc) is 1.57. The van der Waals surface area contributed by atoms with E-state index in [1.807, 2.05) is 24.3 Å². The Hall–Kier alpha value is -17.2. The Labute approximate surface area is 790 Å². The van der Waals surface area contributed by atoms with E-state index in [4.69, 9.17) is 8.83 Å². The molecular formula is C132H90N2O2. The Morgan fingerprint density at radius 1 is 0.154 bits per heavy atom. The van der Waals surface area contributed by atoms with Crippen LogP contribution in [0, 0.1) is 0 Å². The Morgan fingerprint density at radius 3 is 0.904 bits per heavy atom. The van der Waals surface area contributed by atoms with Gasteiger partial charge in [0.05, 0.1) is 0 Å². The Kier molecular flexibility index (Phi) is 18.7. The van der Waals surface area contributed by atoms with E-state index in [1.165, 1.54) is 166 Å². The smallest absolute Gasteiger partial charge is 0.136 e. The van der Waals surface area contributed by atoms with Crippen LogP contribution in [0.15, 0.2) is 482 Å². The van der Waals surface area contributed by atoms with E-state index < -0.39 is 0 Å². The maximum Gasteiger partial charge on any atom is 0.136 e. The molecule has 2 aromatic heterocycles. The minimum Gasteiger partial charge on any atom is -0.456 e. The molecule has 4 heteroatoms. The van der Waals surface area contributed by atoms with Crippen molar-refractivity contribution < 1.29 is 8.83 Å². The van der Waals surface area contributed by atoms with Crippen molar-refractivity contribution in [3.8, 4) is 134 Å². The number of anilines is 6. The van der Waals surface area contributed by atoms with Crippen molar-refractivity contribution in [2.75, 3.05) is 9.80 Å². The first-order valence-electron chi connectivity index (χ1n) is 47.2. The lowest BCUT2D eigenvalue weighted by Crippen LogP contribution is -2.16. The fourth-order valence-electron chi connectivity index (χ4n) is 22.3.